The molecule has 0 aromatic carbocycles. The second-order valence-electron chi connectivity index (χ2n) is 2.75. The third-order valence-corrected chi connectivity index (χ3v) is 1.82. The summed E-state index contributed by atoms with van der Waals surface area (Å²) in [6, 6.07) is 1.50. The van der Waals surface area contributed by atoms with Crippen molar-refractivity contribution in [1.29, 1.82) is 0 Å². The summed E-state index contributed by atoms with van der Waals surface area (Å²) >= 11 is 0. The number of furan rings is 1. The van der Waals surface area contributed by atoms with E-state index in [4.69, 9.17) is 9.15 Å². The van der Waals surface area contributed by atoms with Crippen LogP contribution in [0.4, 0.5) is 0 Å². The van der Waals surface area contributed by atoms with Crippen molar-refractivity contribution in [2.45, 2.75) is 6.92 Å². The predicted molar refractivity (Wildman–Crippen MR) is 49.4 cm³/mol. The van der Waals surface area contributed by atoms with Crippen LogP contribution in [0.1, 0.15) is 17.5 Å². The number of esters is 1. The van der Waals surface area contributed by atoms with Gasteiger partial charge in [-0.1, -0.05) is 0 Å². The molecule has 0 atom stereocenters. The number of ether oxygens (including phenoxy) is 1. The number of aromatic nitrogens is 2. The van der Waals surface area contributed by atoms with E-state index in [1.54, 1.807) is 6.92 Å². The minimum atomic E-state index is -0.715. The maximum Gasteiger partial charge on any atom is 0.378 e. The molecule has 0 fully saturated rings. The lowest BCUT2D eigenvalue weighted by Crippen LogP contribution is -2.02. The summed E-state index contributed by atoms with van der Waals surface area (Å²) in [7, 11) is 0. The Kier molecular flexibility index (Phi) is 2.24. The second kappa shape index (κ2) is 3.56. The first kappa shape index (κ1) is 9.45. The molecule has 0 saturated heterocycles. The maximum absolute atomic E-state index is 11.3. The highest BCUT2D eigenvalue weighted by Crippen LogP contribution is 2.30. The molecule has 78 valence electrons. The molecule has 0 amide bonds. The lowest BCUT2D eigenvalue weighted by atomic mass is 10.3. The molecule has 0 radical (unpaired) electrons. The fourth-order valence-electron chi connectivity index (χ4n) is 1.18. The Morgan fingerprint density at radius 1 is 1.67 bits per heavy atom. The van der Waals surface area contributed by atoms with Gasteiger partial charge >= 0.3 is 5.97 Å². The number of hydrogen-bond donors (Lipinski definition) is 1. The van der Waals surface area contributed by atoms with Gasteiger partial charge in [-0.2, -0.15) is 5.10 Å². The van der Waals surface area contributed by atoms with Crippen LogP contribution in [-0.4, -0.2) is 27.9 Å². The summed E-state index contributed by atoms with van der Waals surface area (Å²) in [4.78, 5) is 11.3. The number of nitrogens with zero attached hydrogens (tertiary/aromatic N) is 2. The first-order valence-electron chi connectivity index (χ1n) is 4.34. The Bertz CT molecular complexity index is 506. The smallest absolute Gasteiger partial charge is 0.378 e. The quantitative estimate of drug-likeness (QED) is 0.744. The van der Waals surface area contributed by atoms with Gasteiger partial charge < -0.3 is 14.3 Å². The molecule has 0 unspecified atom stereocenters. The maximum atomic E-state index is 11.3. The summed E-state index contributed by atoms with van der Waals surface area (Å²) in [5.74, 6) is -1.22. The minimum absolute atomic E-state index is 0.109. The van der Waals surface area contributed by atoms with Crippen molar-refractivity contribution in [1.82, 2.24) is 10.2 Å². The topological polar surface area (TPSA) is 85.5 Å². The van der Waals surface area contributed by atoms with E-state index in [9.17, 15) is 9.90 Å². The van der Waals surface area contributed by atoms with Crippen molar-refractivity contribution in [2.24, 2.45) is 0 Å². The molecular formula is C9H8N2O4. The van der Waals surface area contributed by atoms with E-state index in [2.05, 4.69) is 10.2 Å². The van der Waals surface area contributed by atoms with Crippen LogP contribution in [0.2, 0.25) is 0 Å². The third kappa shape index (κ3) is 1.50. The van der Waals surface area contributed by atoms with Crippen LogP contribution in [0.5, 0.6) is 5.75 Å². The van der Waals surface area contributed by atoms with Crippen LogP contribution >= 0.6 is 0 Å². The van der Waals surface area contributed by atoms with E-state index in [0.717, 1.165) is 0 Å². The molecule has 2 rings (SSSR count). The molecule has 15 heavy (non-hydrogen) atoms. The number of carbonyl (C=O) groups is 1. The van der Waals surface area contributed by atoms with Crippen molar-refractivity contribution in [3.05, 3.63) is 18.0 Å². The van der Waals surface area contributed by atoms with Gasteiger partial charge in [0.25, 0.3) is 11.5 Å². The number of aromatic hydroxyl groups is 1. The molecule has 2 heterocycles. The van der Waals surface area contributed by atoms with Crippen LogP contribution in [0.15, 0.2) is 16.7 Å². The van der Waals surface area contributed by atoms with Gasteiger partial charge in [0.1, 0.15) is 0 Å². The van der Waals surface area contributed by atoms with Gasteiger partial charge in [-0.3, -0.25) is 0 Å². The molecule has 0 spiro atoms. The fraction of sp³-hybridized carbons (Fsp3) is 0.222. The summed E-state index contributed by atoms with van der Waals surface area (Å²) < 4.78 is 9.71. The minimum Gasteiger partial charge on any atom is -0.503 e. The van der Waals surface area contributed by atoms with Gasteiger partial charge in [0.05, 0.1) is 18.2 Å². The monoisotopic (exact) mass is 208 g/mol. The highest BCUT2D eigenvalue weighted by molar-refractivity contribution is 5.97. The predicted octanol–water partition coefficient (Wildman–Crippen LogP) is 1.11. The molecule has 0 aliphatic heterocycles. The molecule has 6 nitrogen and oxygen atoms in total. The average Bonchev–Trinajstić information content (AvgIpc) is 2.57. The molecule has 6 heteroatoms. The zero-order valence-electron chi connectivity index (χ0n) is 7.93. The van der Waals surface area contributed by atoms with E-state index in [1.165, 1.54) is 12.3 Å². The van der Waals surface area contributed by atoms with E-state index in [0.29, 0.717) is 5.39 Å². The van der Waals surface area contributed by atoms with Crippen molar-refractivity contribution in [2.75, 3.05) is 6.61 Å². The van der Waals surface area contributed by atoms with Crippen molar-refractivity contribution in [3.63, 3.8) is 0 Å². The molecule has 0 bridgehead atoms. The molecular weight excluding hydrogens is 200 g/mol. The van der Waals surface area contributed by atoms with E-state index in [1.807, 2.05) is 0 Å². The number of fused-ring (bicyclic) bond motifs is 1. The van der Waals surface area contributed by atoms with Crippen molar-refractivity contribution < 1.29 is 19.1 Å². The standard InChI is InChI=1S/C9H8N2O4/c1-2-14-9(13)7-6(12)5-3-4-10-11-8(5)15-7/h3-4,12H,2H2,1H3. The van der Waals surface area contributed by atoms with Gasteiger partial charge in [0.2, 0.25) is 0 Å². The summed E-state index contributed by atoms with van der Waals surface area (Å²) in [6.45, 7) is 1.87. The number of rotatable bonds is 2. The van der Waals surface area contributed by atoms with Crippen LogP contribution in [-0.2, 0) is 4.74 Å². The van der Waals surface area contributed by atoms with Crippen molar-refractivity contribution in [3.8, 4) is 5.75 Å². The normalized spacial score (nSPS) is 10.5. The summed E-state index contributed by atoms with van der Waals surface area (Å²) in [5.41, 5.74) is 0.109. The van der Waals surface area contributed by atoms with Crippen LogP contribution in [0, 0.1) is 0 Å². The lowest BCUT2D eigenvalue weighted by molar-refractivity contribution is 0.0488. The Labute approximate surface area is 84.5 Å². The van der Waals surface area contributed by atoms with Gasteiger partial charge in [-0.25, -0.2) is 4.79 Å². The highest BCUT2D eigenvalue weighted by Gasteiger charge is 2.21. The van der Waals surface area contributed by atoms with Crippen LogP contribution < -0.4 is 0 Å². The molecule has 0 saturated carbocycles. The SMILES string of the molecule is CCOC(=O)c1oc2nnccc2c1O. The summed E-state index contributed by atoms with van der Waals surface area (Å²) in [5, 5.41) is 17.2. The molecule has 0 aliphatic rings. The first-order valence-corrected chi connectivity index (χ1v) is 4.34. The van der Waals surface area contributed by atoms with E-state index >= 15 is 0 Å². The van der Waals surface area contributed by atoms with Gasteiger partial charge in [0, 0.05) is 0 Å². The molecule has 1 N–H and O–H groups in total. The van der Waals surface area contributed by atoms with Crippen molar-refractivity contribution >= 4 is 17.1 Å². The Balaban J connectivity index is 2.53. The largest absolute Gasteiger partial charge is 0.503 e. The van der Waals surface area contributed by atoms with Gasteiger partial charge in [-0.05, 0) is 13.0 Å². The number of hydrogen-bond acceptors (Lipinski definition) is 6. The highest BCUT2D eigenvalue weighted by atomic mass is 16.5. The Hall–Kier alpha value is -2.11. The number of carbonyl (C=O) groups excluding carboxylic acids is 1. The fourth-order valence-corrected chi connectivity index (χ4v) is 1.18. The van der Waals surface area contributed by atoms with Gasteiger partial charge in [-0.15, -0.1) is 5.10 Å². The Morgan fingerprint density at radius 3 is 3.13 bits per heavy atom. The molecule has 2 aromatic rings. The third-order valence-electron chi connectivity index (χ3n) is 1.82. The zero-order valence-corrected chi connectivity index (χ0v) is 7.93. The average molecular weight is 208 g/mol. The molecule has 0 aliphatic carbocycles. The van der Waals surface area contributed by atoms with E-state index < -0.39 is 5.97 Å². The first-order chi connectivity index (χ1) is 7.24. The van der Waals surface area contributed by atoms with Crippen LogP contribution in [0.3, 0.4) is 0 Å². The molecule has 2 aromatic heterocycles. The van der Waals surface area contributed by atoms with E-state index in [-0.39, 0.29) is 23.8 Å². The lowest BCUT2D eigenvalue weighted by Gasteiger charge is -1.96. The summed E-state index contributed by atoms with van der Waals surface area (Å²) in [6.07, 6.45) is 1.40. The van der Waals surface area contributed by atoms with Gasteiger partial charge in [0.15, 0.2) is 5.75 Å². The second-order valence-corrected chi connectivity index (χ2v) is 2.75. The Morgan fingerprint density at radius 2 is 2.47 bits per heavy atom. The van der Waals surface area contributed by atoms with Crippen LogP contribution in [0.25, 0.3) is 11.1 Å². The zero-order chi connectivity index (χ0) is 10.8.